The fraction of sp³-hybridized carbons (Fsp3) is 0.304. The number of fused-ring (bicyclic) bond motifs is 3. The van der Waals surface area contributed by atoms with Gasteiger partial charge in [0.15, 0.2) is 0 Å². The predicted octanol–water partition coefficient (Wildman–Crippen LogP) is 12.2. The number of pyridine rings is 1. The van der Waals surface area contributed by atoms with Crippen molar-refractivity contribution >= 4 is 21.8 Å². The second-order valence-corrected chi connectivity index (χ2v) is 13.9. The SMILES string of the molecule is CCCCCCc1ccc2c(c1)c1ccc(Oc3[c-]c(-n4nc(C)c(-c5ccccc5)c4C)cc(CCCCC)c3)[c-]c1n2-c1cc(C)ccn1.[Pt+2]. The summed E-state index contributed by atoms with van der Waals surface area (Å²) in [5.74, 6) is 2.18. The van der Waals surface area contributed by atoms with E-state index in [1.165, 1.54) is 60.6 Å². The standard InChI is InChI=1S/C46H48N4O.Pt/c1-6-8-10-13-16-35-20-23-43-42(29-35)41-22-21-39(31-44(41)49(43)45-26-32(3)24-25-47-45)51-40-28-36(17-12-9-7-2)27-38(30-40)50-34(5)46(33(4)48-50)37-18-14-11-15-19-37;/h11,14-15,18-29H,6-10,12-13,16-17H2,1-5H3;/q-2;+2. The molecule has 0 spiro atoms. The van der Waals surface area contributed by atoms with Crippen LogP contribution in [0.5, 0.6) is 11.5 Å². The Hall–Kier alpha value is -4.47. The maximum Gasteiger partial charge on any atom is 2.00 e. The molecule has 0 aliphatic carbocycles. The molecule has 268 valence electrons. The van der Waals surface area contributed by atoms with Gasteiger partial charge in [-0.1, -0.05) is 107 Å². The van der Waals surface area contributed by atoms with E-state index in [2.05, 4.69) is 118 Å². The molecule has 0 amide bonds. The van der Waals surface area contributed by atoms with Crippen molar-refractivity contribution in [3.8, 4) is 34.1 Å². The first-order valence-corrected chi connectivity index (χ1v) is 18.7. The molecule has 0 bridgehead atoms. The second-order valence-electron chi connectivity index (χ2n) is 13.9. The Kier molecular flexibility index (Phi) is 12.1. The van der Waals surface area contributed by atoms with Crippen molar-refractivity contribution in [1.29, 1.82) is 0 Å². The number of benzene rings is 4. The van der Waals surface area contributed by atoms with Gasteiger partial charge in [0.25, 0.3) is 0 Å². The molecule has 0 saturated heterocycles. The van der Waals surface area contributed by atoms with Gasteiger partial charge in [0.05, 0.1) is 5.69 Å². The molecule has 0 unspecified atom stereocenters. The molecule has 0 radical (unpaired) electrons. The van der Waals surface area contributed by atoms with Gasteiger partial charge in [0.2, 0.25) is 0 Å². The van der Waals surface area contributed by atoms with Gasteiger partial charge < -0.3 is 9.30 Å². The topological polar surface area (TPSA) is 44.9 Å². The van der Waals surface area contributed by atoms with Crippen molar-refractivity contribution in [3.05, 3.63) is 131 Å². The van der Waals surface area contributed by atoms with Crippen molar-refractivity contribution in [1.82, 2.24) is 19.3 Å². The van der Waals surface area contributed by atoms with Crippen molar-refractivity contribution in [2.45, 2.75) is 92.4 Å². The Morgan fingerprint density at radius 2 is 1.46 bits per heavy atom. The first-order chi connectivity index (χ1) is 24.9. The summed E-state index contributed by atoms with van der Waals surface area (Å²) < 4.78 is 10.9. The fourth-order valence-corrected chi connectivity index (χ4v) is 7.32. The number of rotatable bonds is 14. The first-order valence-electron chi connectivity index (χ1n) is 18.7. The monoisotopic (exact) mass is 867 g/mol. The number of aryl methyl sites for hydroxylation is 4. The Labute approximate surface area is 323 Å². The van der Waals surface area contributed by atoms with Gasteiger partial charge in [-0.3, -0.25) is 4.68 Å². The van der Waals surface area contributed by atoms with E-state index < -0.39 is 0 Å². The molecular formula is C46H48N4OPt. The predicted molar refractivity (Wildman–Crippen MR) is 211 cm³/mol. The van der Waals surface area contributed by atoms with Gasteiger partial charge in [-0.05, 0) is 79.6 Å². The average molecular weight is 868 g/mol. The number of ether oxygens (including phenoxy) is 1. The van der Waals surface area contributed by atoms with E-state index in [-0.39, 0.29) is 21.1 Å². The summed E-state index contributed by atoms with van der Waals surface area (Å²) >= 11 is 0. The number of hydrogen-bond donors (Lipinski definition) is 0. The molecule has 3 heterocycles. The molecule has 0 N–H and O–H groups in total. The molecule has 52 heavy (non-hydrogen) atoms. The molecule has 6 heteroatoms. The molecule has 7 rings (SSSR count). The van der Waals surface area contributed by atoms with E-state index in [1.807, 2.05) is 29.1 Å². The largest absolute Gasteiger partial charge is 2.00 e. The summed E-state index contributed by atoms with van der Waals surface area (Å²) in [6.07, 6.45) is 12.4. The van der Waals surface area contributed by atoms with Crippen LogP contribution in [0.15, 0.2) is 91.1 Å². The van der Waals surface area contributed by atoms with Crippen LogP contribution in [0.2, 0.25) is 0 Å². The van der Waals surface area contributed by atoms with Crippen LogP contribution in [0.3, 0.4) is 0 Å². The third-order valence-corrected chi connectivity index (χ3v) is 9.92. The minimum atomic E-state index is 0. The number of unbranched alkanes of at least 4 members (excludes halogenated alkanes) is 5. The summed E-state index contributed by atoms with van der Waals surface area (Å²) in [6.45, 7) is 10.8. The molecule has 3 aromatic heterocycles. The molecule has 0 fully saturated rings. The molecule has 0 atom stereocenters. The van der Waals surface area contributed by atoms with Crippen LogP contribution >= 0.6 is 0 Å². The summed E-state index contributed by atoms with van der Waals surface area (Å²) in [7, 11) is 0. The summed E-state index contributed by atoms with van der Waals surface area (Å²) in [6, 6.07) is 37.4. The van der Waals surface area contributed by atoms with Crippen LogP contribution < -0.4 is 4.74 Å². The quantitative estimate of drug-likeness (QED) is 0.0808. The summed E-state index contributed by atoms with van der Waals surface area (Å²) in [5.41, 5.74) is 11.1. The number of nitrogens with zero attached hydrogens (tertiary/aromatic N) is 4. The smallest absolute Gasteiger partial charge is 0.509 e. The number of aromatic nitrogens is 4. The number of hydrogen-bond acceptors (Lipinski definition) is 3. The van der Waals surface area contributed by atoms with Gasteiger partial charge in [-0.15, -0.1) is 35.7 Å². The van der Waals surface area contributed by atoms with E-state index in [4.69, 9.17) is 14.8 Å². The van der Waals surface area contributed by atoms with E-state index in [9.17, 15) is 0 Å². The van der Waals surface area contributed by atoms with Gasteiger partial charge in [-0.2, -0.15) is 16.7 Å². The van der Waals surface area contributed by atoms with Crippen LogP contribution in [-0.2, 0) is 33.9 Å². The van der Waals surface area contributed by atoms with Crippen LogP contribution in [-0.4, -0.2) is 19.3 Å². The van der Waals surface area contributed by atoms with Gasteiger partial charge in [0.1, 0.15) is 5.82 Å². The molecule has 0 aliphatic heterocycles. The second kappa shape index (κ2) is 16.9. The zero-order valence-corrected chi connectivity index (χ0v) is 33.3. The maximum absolute atomic E-state index is 6.68. The summed E-state index contributed by atoms with van der Waals surface area (Å²) in [4.78, 5) is 4.81. The van der Waals surface area contributed by atoms with Crippen LogP contribution in [0.4, 0.5) is 0 Å². The van der Waals surface area contributed by atoms with E-state index in [0.29, 0.717) is 11.5 Å². The molecule has 0 saturated carbocycles. The van der Waals surface area contributed by atoms with E-state index >= 15 is 0 Å². The molecule has 0 aliphatic rings. The minimum Gasteiger partial charge on any atom is -0.509 e. The maximum atomic E-state index is 6.68. The van der Waals surface area contributed by atoms with Gasteiger partial charge >= 0.3 is 21.1 Å². The molecule has 7 aromatic rings. The third kappa shape index (κ3) is 7.95. The summed E-state index contributed by atoms with van der Waals surface area (Å²) in [5, 5.41) is 7.37. The third-order valence-electron chi connectivity index (χ3n) is 9.92. The zero-order chi connectivity index (χ0) is 35.3. The van der Waals surface area contributed by atoms with Crippen molar-refractivity contribution in [2.75, 3.05) is 0 Å². The van der Waals surface area contributed by atoms with Crippen LogP contribution in [0, 0.1) is 32.9 Å². The van der Waals surface area contributed by atoms with Gasteiger partial charge in [0, 0.05) is 34.5 Å². The van der Waals surface area contributed by atoms with Crippen molar-refractivity contribution in [3.63, 3.8) is 0 Å². The normalized spacial score (nSPS) is 11.3. The van der Waals surface area contributed by atoms with E-state index in [0.717, 1.165) is 69.7 Å². The average Bonchev–Trinajstić information content (AvgIpc) is 3.62. The Bertz CT molecular complexity index is 2280. The molecule has 4 aromatic carbocycles. The Morgan fingerprint density at radius 3 is 2.25 bits per heavy atom. The molecule has 5 nitrogen and oxygen atoms in total. The van der Waals surface area contributed by atoms with Crippen LogP contribution in [0.1, 0.15) is 86.9 Å². The van der Waals surface area contributed by atoms with Crippen LogP contribution in [0.25, 0.3) is 44.4 Å². The Morgan fingerprint density at radius 1 is 0.692 bits per heavy atom. The zero-order valence-electron chi connectivity index (χ0n) is 31.0. The Balaban J connectivity index is 0.00000464. The van der Waals surface area contributed by atoms with Gasteiger partial charge in [-0.25, -0.2) is 4.98 Å². The molecular weight excluding hydrogens is 820 g/mol. The van der Waals surface area contributed by atoms with Crippen molar-refractivity contribution < 1.29 is 25.8 Å². The minimum absolute atomic E-state index is 0. The fourth-order valence-electron chi connectivity index (χ4n) is 7.32. The van der Waals surface area contributed by atoms with E-state index in [1.54, 1.807) is 0 Å². The van der Waals surface area contributed by atoms with Crippen molar-refractivity contribution in [2.24, 2.45) is 0 Å². The first kappa shape index (κ1) is 37.3.